The number of carbonyl (C=O) groups excluding carboxylic acids is 3. The molecule has 1 aromatic carbocycles. The van der Waals surface area contributed by atoms with Gasteiger partial charge in [0.25, 0.3) is 17.7 Å². The molecular formula is C29H33ClFN5O5S. The third kappa shape index (κ3) is 6.61. The van der Waals surface area contributed by atoms with Crippen LogP contribution in [0.15, 0.2) is 34.7 Å². The number of furan rings is 1. The SMILES string of the molecule is Cc1ccc(C(C(=O)NCC2CCCO2)N(C(=O)c2snc(C(=O)NC3CCCCC3)c2N)c2ccc(F)c(Cl)c2)o1. The van der Waals surface area contributed by atoms with Crippen molar-refractivity contribution in [2.45, 2.75) is 70.1 Å². The number of hydrogen-bond acceptors (Lipinski definition) is 8. The quantitative estimate of drug-likeness (QED) is 0.301. The molecule has 4 N–H and O–H groups in total. The highest BCUT2D eigenvalue weighted by Crippen LogP contribution is 2.35. The molecule has 0 bridgehead atoms. The molecule has 224 valence electrons. The number of amides is 3. The molecule has 1 aliphatic carbocycles. The first kappa shape index (κ1) is 30.0. The number of nitrogen functional groups attached to an aromatic ring is 1. The number of rotatable bonds is 9. The van der Waals surface area contributed by atoms with Gasteiger partial charge in [-0.2, -0.15) is 4.37 Å². The normalized spacial score (nSPS) is 18.0. The van der Waals surface area contributed by atoms with E-state index in [2.05, 4.69) is 15.0 Å². The summed E-state index contributed by atoms with van der Waals surface area (Å²) in [5.74, 6) is -1.74. The number of halogens is 2. The summed E-state index contributed by atoms with van der Waals surface area (Å²) < 4.78 is 29.9. The van der Waals surface area contributed by atoms with Crippen molar-refractivity contribution in [3.05, 3.63) is 63.3 Å². The number of hydrogen-bond donors (Lipinski definition) is 3. The summed E-state index contributed by atoms with van der Waals surface area (Å²) in [4.78, 5) is 42.2. The van der Waals surface area contributed by atoms with Crippen molar-refractivity contribution in [1.82, 2.24) is 15.0 Å². The Morgan fingerprint density at radius 3 is 2.62 bits per heavy atom. The van der Waals surface area contributed by atoms with Gasteiger partial charge in [-0.05, 0) is 74.5 Å². The second kappa shape index (κ2) is 13.2. The lowest BCUT2D eigenvalue weighted by molar-refractivity contribution is -0.123. The van der Waals surface area contributed by atoms with Crippen molar-refractivity contribution in [3.8, 4) is 0 Å². The molecular weight excluding hydrogens is 585 g/mol. The van der Waals surface area contributed by atoms with Gasteiger partial charge in [-0.1, -0.05) is 30.9 Å². The van der Waals surface area contributed by atoms with E-state index in [9.17, 15) is 18.8 Å². The third-order valence-corrected chi connectivity index (χ3v) is 8.68. The summed E-state index contributed by atoms with van der Waals surface area (Å²) in [5, 5.41) is 5.59. The summed E-state index contributed by atoms with van der Waals surface area (Å²) in [6.07, 6.45) is 6.45. The van der Waals surface area contributed by atoms with Crippen LogP contribution in [0.1, 0.15) is 82.7 Å². The fourth-order valence-electron chi connectivity index (χ4n) is 5.33. The number of nitrogens with two attached hydrogens (primary N) is 1. The van der Waals surface area contributed by atoms with E-state index in [1.165, 1.54) is 12.1 Å². The molecule has 5 rings (SSSR count). The molecule has 0 spiro atoms. The van der Waals surface area contributed by atoms with Crippen LogP contribution in [0, 0.1) is 12.7 Å². The van der Waals surface area contributed by atoms with Crippen molar-refractivity contribution in [3.63, 3.8) is 0 Å². The van der Waals surface area contributed by atoms with E-state index in [1.54, 1.807) is 19.1 Å². The Kier molecular flexibility index (Phi) is 9.44. The lowest BCUT2D eigenvalue weighted by Gasteiger charge is -2.30. The summed E-state index contributed by atoms with van der Waals surface area (Å²) in [6, 6.07) is 5.65. The van der Waals surface area contributed by atoms with E-state index >= 15 is 0 Å². The van der Waals surface area contributed by atoms with Crippen LogP contribution >= 0.6 is 23.1 Å². The van der Waals surface area contributed by atoms with Crippen LogP contribution in [0.25, 0.3) is 0 Å². The Balaban J connectivity index is 1.51. The molecule has 3 amide bonds. The maximum absolute atomic E-state index is 14.3. The number of benzene rings is 1. The fraction of sp³-hybridized carbons (Fsp3) is 0.448. The molecule has 2 fully saturated rings. The first-order chi connectivity index (χ1) is 20.2. The van der Waals surface area contributed by atoms with Gasteiger partial charge < -0.3 is 25.5 Å². The lowest BCUT2D eigenvalue weighted by atomic mass is 9.95. The average molecular weight is 618 g/mol. The van der Waals surface area contributed by atoms with Crippen LogP contribution in [-0.4, -0.2) is 47.4 Å². The van der Waals surface area contributed by atoms with Gasteiger partial charge in [0, 0.05) is 24.9 Å². The van der Waals surface area contributed by atoms with Gasteiger partial charge in [0.15, 0.2) is 11.7 Å². The number of nitrogens with one attached hydrogen (secondary N) is 2. The molecule has 13 heteroatoms. The lowest BCUT2D eigenvalue weighted by Crippen LogP contribution is -2.45. The number of carbonyl (C=O) groups is 3. The van der Waals surface area contributed by atoms with Crippen molar-refractivity contribution in [2.75, 3.05) is 23.8 Å². The predicted octanol–water partition coefficient (Wildman–Crippen LogP) is 5.17. The zero-order chi connectivity index (χ0) is 29.8. The van der Waals surface area contributed by atoms with Gasteiger partial charge >= 0.3 is 0 Å². The maximum Gasteiger partial charge on any atom is 0.273 e. The van der Waals surface area contributed by atoms with E-state index < -0.39 is 29.6 Å². The fourth-order valence-corrected chi connectivity index (χ4v) is 6.24. The molecule has 1 aliphatic heterocycles. The van der Waals surface area contributed by atoms with Crippen LogP contribution in [-0.2, 0) is 9.53 Å². The van der Waals surface area contributed by atoms with Crippen LogP contribution in [0.4, 0.5) is 15.8 Å². The van der Waals surface area contributed by atoms with Gasteiger partial charge in [0.1, 0.15) is 22.2 Å². The topological polar surface area (TPSA) is 140 Å². The highest BCUT2D eigenvalue weighted by molar-refractivity contribution is 7.09. The Bertz CT molecular complexity index is 1450. The van der Waals surface area contributed by atoms with Crippen LogP contribution in [0.5, 0.6) is 0 Å². The second-order valence-electron chi connectivity index (χ2n) is 10.6. The monoisotopic (exact) mass is 617 g/mol. The second-order valence-corrected chi connectivity index (χ2v) is 11.8. The minimum absolute atomic E-state index is 0.0171. The number of anilines is 2. The van der Waals surface area contributed by atoms with Gasteiger partial charge in [-0.15, -0.1) is 0 Å². The van der Waals surface area contributed by atoms with Crippen LogP contribution < -0.4 is 21.3 Å². The Labute approximate surface area is 251 Å². The molecule has 42 heavy (non-hydrogen) atoms. The first-order valence-corrected chi connectivity index (χ1v) is 15.2. The van der Waals surface area contributed by atoms with E-state index in [0.717, 1.165) is 67.4 Å². The standard InChI is InChI=1S/C29H33ClFN5O5S/c1-16-9-12-22(41-16)25(28(38)33-15-19-8-5-13-40-19)36(18-10-11-21(31)20(30)14-18)29(39)26-23(32)24(35-42-26)27(37)34-17-6-3-2-4-7-17/h9-12,14,17,19,25H,2-8,13,15,32H2,1H3,(H,33,38)(H,34,37). The third-order valence-electron chi connectivity index (χ3n) is 7.54. The summed E-state index contributed by atoms with van der Waals surface area (Å²) >= 11 is 6.87. The molecule has 10 nitrogen and oxygen atoms in total. The first-order valence-electron chi connectivity index (χ1n) is 14.0. The predicted molar refractivity (Wildman–Crippen MR) is 157 cm³/mol. The molecule has 2 aromatic heterocycles. The smallest absolute Gasteiger partial charge is 0.273 e. The highest BCUT2D eigenvalue weighted by atomic mass is 35.5. The van der Waals surface area contributed by atoms with Gasteiger partial charge in [-0.25, -0.2) is 4.39 Å². The summed E-state index contributed by atoms with van der Waals surface area (Å²) in [5.41, 5.74) is 6.32. The van der Waals surface area contributed by atoms with Crippen molar-refractivity contribution < 1.29 is 27.9 Å². The molecule has 2 atom stereocenters. The molecule has 3 heterocycles. The number of aryl methyl sites for hydroxylation is 1. The summed E-state index contributed by atoms with van der Waals surface area (Å²) in [7, 11) is 0. The molecule has 2 unspecified atom stereocenters. The van der Waals surface area contributed by atoms with E-state index in [-0.39, 0.29) is 51.4 Å². The molecule has 1 saturated carbocycles. The molecule has 3 aromatic rings. The minimum Gasteiger partial charge on any atom is -0.464 e. The minimum atomic E-state index is -1.32. The van der Waals surface area contributed by atoms with Crippen molar-refractivity contribution in [1.29, 1.82) is 0 Å². The van der Waals surface area contributed by atoms with E-state index in [0.29, 0.717) is 12.4 Å². The van der Waals surface area contributed by atoms with Crippen LogP contribution in [0.2, 0.25) is 5.02 Å². The highest BCUT2D eigenvalue weighted by Gasteiger charge is 2.38. The maximum atomic E-state index is 14.3. The van der Waals surface area contributed by atoms with Gasteiger partial charge in [-0.3, -0.25) is 19.3 Å². The number of ether oxygens (including phenoxy) is 1. The Hall–Kier alpha value is -3.48. The molecule has 2 aliphatic rings. The van der Waals surface area contributed by atoms with E-state index in [1.807, 2.05) is 0 Å². The largest absolute Gasteiger partial charge is 0.464 e. The van der Waals surface area contributed by atoms with Gasteiger partial charge in [0.05, 0.1) is 16.8 Å². The Morgan fingerprint density at radius 2 is 1.95 bits per heavy atom. The average Bonchev–Trinajstić information content (AvgIpc) is 3.74. The molecule has 1 saturated heterocycles. The Morgan fingerprint density at radius 1 is 1.17 bits per heavy atom. The number of aromatic nitrogens is 1. The van der Waals surface area contributed by atoms with Crippen molar-refractivity contribution >= 4 is 52.2 Å². The van der Waals surface area contributed by atoms with Gasteiger partial charge in [0.2, 0.25) is 0 Å². The van der Waals surface area contributed by atoms with Crippen molar-refractivity contribution in [2.24, 2.45) is 0 Å². The van der Waals surface area contributed by atoms with E-state index in [4.69, 9.17) is 26.5 Å². The molecule has 0 radical (unpaired) electrons. The number of nitrogens with zero attached hydrogens (tertiary/aromatic N) is 2. The zero-order valence-corrected chi connectivity index (χ0v) is 24.7. The summed E-state index contributed by atoms with van der Waals surface area (Å²) in [6.45, 7) is 2.56. The van der Waals surface area contributed by atoms with Crippen LogP contribution in [0.3, 0.4) is 0 Å². The zero-order valence-electron chi connectivity index (χ0n) is 23.2.